The van der Waals surface area contributed by atoms with Gasteiger partial charge in [0.15, 0.2) is 0 Å². The zero-order valence-electron chi connectivity index (χ0n) is 22.5. The van der Waals surface area contributed by atoms with Gasteiger partial charge in [-0.3, -0.25) is 13.9 Å². The quantitative estimate of drug-likeness (QED) is 0.334. The van der Waals surface area contributed by atoms with E-state index in [4.69, 9.17) is 16.3 Å². The molecule has 0 aliphatic heterocycles. The van der Waals surface area contributed by atoms with Gasteiger partial charge in [-0.05, 0) is 68.3 Å². The maximum atomic E-state index is 13.9. The average Bonchev–Trinajstić information content (AvgIpc) is 2.94. The lowest BCUT2D eigenvalue weighted by molar-refractivity contribution is -0.139. The third-order valence-corrected chi connectivity index (χ3v) is 8.38. The minimum atomic E-state index is -4.15. The molecular weight excluding hydrogens is 538 g/mol. The fourth-order valence-electron chi connectivity index (χ4n) is 3.90. The van der Waals surface area contributed by atoms with Crippen molar-refractivity contribution in [3.8, 4) is 5.75 Å². The molecule has 208 valence electrons. The van der Waals surface area contributed by atoms with Crippen LogP contribution in [0.4, 0.5) is 5.69 Å². The van der Waals surface area contributed by atoms with Crippen molar-refractivity contribution >= 4 is 39.1 Å². The summed E-state index contributed by atoms with van der Waals surface area (Å²) in [6.07, 6.45) is 0.722. The highest BCUT2D eigenvalue weighted by molar-refractivity contribution is 7.92. The van der Waals surface area contributed by atoms with Gasteiger partial charge >= 0.3 is 0 Å². The Balaban J connectivity index is 2.02. The van der Waals surface area contributed by atoms with Gasteiger partial charge < -0.3 is 15.0 Å². The zero-order valence-corrected chi connectivity index (χ0v) is 24.1. The Morgan fingerprint density at radius 2 is 1.67 bits per heavy atom. The van der Waals surface area contributed by atoms with Crippen LogP contribution in [0.5, 0.6) is 5.75 Å². The van der Waals surface area contributed by atoms with E-state index in [2.05, 4.69) is 5.32 Å². The lowest BCUT2D eigenvalue weighted by atomic mass is 10.1. The van der Waals surface area contributed by atoms with Crippen molar-refractivity contribution in [3.05, 3.63) is 89.4 Å². The van der Waals surface area contributed by atoms with Crippen molar-refractivity contribution in [1.82, 2.24) is 10.2 Å². The normalized spacial score (nSPS) is 12.7. The lowest BCUT2D eigenvalue weighted by Gasteiger charge is -2.32. The first-order chi connectivity index (χ1) is 18.6. The largest absolute Gasteiger partial charge is 0.497 e. The minimum absolute atomic E-state index is 0.0275. The first-order valence-corrected chi connectivity index (χ1v) is 14.4. The topological polar surface area (TPSA) is 96.0 Å². The van der Waals surface area contributed by atoms with Gasteiger partial charge in [-0.25, -0.2) is 8.42 Å². The van der Waals surface area contributed by atoms with Crippen LogP contribution in [0, 0.1) is 0 Å². The second-order valence-electron chi connectivity index (χ2n) is 9.17. The molecule has 0 unspecified atom stereocenters. The molecular formula is C29H34ClN3O5S. The summed E-state index contributed by atoms with van der Waals surface area (Å²) in [5.41, 5.74) is 0.962. The number of benzene rings is 3. The molecule has 1 N–H and O–H groups in total. The fraction of sp³-hybridized carbons (Fsp3) is 0.310. The molecule has 0 saturated carbocycles. The maximum Gasteiger partial charge on any atom is 0.264 e. The fourth-order valence-corrected chi connectivity index (χ4v) is 5.51. The second-order valence-corrected chi connectivity index (χ2v) is 11.5. The molecule has 0 aliphatic carbocycles. The second kappa shape index (κ2) is 13.5. The summed E-state index contributed by atoms with van der Waals surface area (Å²) in [4.78, 5) is 28.4. The SMILES string of the molecule is CC[C@H](C)NC(=O)[C@@H](C)N(Cc1cccc(OC)c1)C(=O)CN(c1cccc(Cl)c1)S(=O)(=O)c1ccccc1. The number of nitrogens with one attached hydrogen (secondary N) is 1. The number of carbonyl (C=O) groups excluding carboxylic acids is 2. The van der Waals surface area contributed by atoms with Gasteiger partial charge in [0.05, 0.1) is 17.7 Å². The van der Waals surface area contributed by atoms with E-state index in [-0.39, 0.29) is 29.1 Å². The van der Waals surface area contributed by atoms with Gasteiger partial charge in [-0.1, -0.05) is 54.9 Å². The van der Waals surface area contributed by atoms with E-state index < -0.39 is 28.5 Å². The van der Waals surface area contributed by atoms with E-state index in [1.54, 1.807) is 68.6 Å². The molecule has 0 spiro atoms. The Labute approximate surface area is 235 Å². The van der Waals surface area contributed by atoms with E-state index in [1.807, 2.05) is 19.9 Å². The summed E-state index contributed by atoms with van der Waals surface area (Å²) < 4.78 is 33.8. The summed E-state index contributed by atoms with van der Waals surface area (Å²) in [7, 11) is -2.60. The number of rotatable bonds is 12. The van der Waals surface area contributed by atoms with E-state index in [1.165, 1.54) is 23.1 Å². The molecule has 8 nitrogen and oxygen atoms in total. The van der Waals surface area contributed by atoms with Crippen LogP contribution in [0.2, 0.25) is 5.02 Å². The van der Waals surface area contributed by atoms with Crippen LogP contribution in [-0.4, -0.2) is 50.9 Å². The molecule has 0 bridgehead atoms. The van der Waals surface area contributed by atoms with Crippen LogP contribution in [0.1, 0.15) is 32.8 Å². The molecule has 2 atom stereocenters. The molecule has 10 heteroatoms. The summed E-state index contributed by atoms with van der Waals surface area (Å²) in [5.74, 6) is -0.284. The molecule has 3 aromatic carbocycles. The molecule has 39 heavy (non-hydrogen) atoms. The predicted molar refractivity (Wildman–Crippen MR) is 153 cm³/mol. The first kappa shape index (κ1) is 30.0. The number of ether oxygens (including phenoxy) is 1. The average molecular weight is 572 g/mol. The van der Waals surface area contributed by atoms with Gasteiger partial charge in [-0.2, -0.15) is 0 Å². The van der Waals surface area contributed by atoms with Gasteiger partial charge in [0, 0.05) is 17.6 Å². The number of amides is 2. The third kappa shape index (κ3) is 7.74. The lowest BCUT2D eigenvalue weighted by Crippen LogP contribution is -2.52. The molecule has 0 radical (unpaired) electrons. The van der Waals surface area contributed by atoms with E-state index in [0.29, 0.717) is 10.8 Å². The van der Waals surface area contributed by atoms with Crippen molar-refractivity contribution in [2.45, 2.75) is 50.7 Å². The van der Waals surface area contributed by atoms with Crippen molar-refractivity contribution in [2.24, 2.45) is 0 Å². The van der Waals surface area contributed by atoms with Crippen LogP contribution < -0.4 is 14.4 Å². The molecule has 3 aromatic rings. The highest BCUT2D eigenvalue weighted by Crippen LogP contribution is 2.27. The van der Waals surface area contributed by atoms with Crippen LogP contribution in [0.25, 0.3) is 0 Å². The van der Waals surface area contributed by atoms with E-state index in [9.17, 15) is 18.0 Å². The number of anilines is 1. The number of methoxy groups -OCH3 is 1. The van der Waals surface area contributed by atoms with Gasteiger partial charge in [-0.15, -0.1) is 0 Å². The predicted octanol–water partition coefficient (Wildman–Crippen LogP) is 4.88. The molecule has 0 aromatic heterocycles. The molecule has 0 heterocycles. The molecule has 2 amide bonds. The molecule has 0 fully saturated rings. The monoisotopic (exact) mass is 571 g/mol. The van der Waals surface area contributed by atoms with Crippen LogP contribution in [0.3, 0.4) is 0 Å². The zero-order chi connectivity index (χ0) is 28.6. The van der Waals surface area contributed by atoms with Crippen LogP contribution >= 0.6 is 11.6 Å². The van der Waals surface area contributed by atoms with E-state index in [0.717, 1.165) is 16.3 Å². The van der Waals surface area contributed by atoms with Crippen molar-refractivity contribution in [3.63, 3.8) is 0 Å². The molecule has 3 rings (SSSR count). The van der Waals surface area contributed by atoms with E-state index >= 15 is 0 Å². The number of nitrogens with zero attached hydrogens (tertiary/aromatic N) is 2. The number of hydrogen-bond donors (Lipinski definition) is 1. The Morgan fingerprint density at radius 1 is 0.974 bits per heavy atom. The Bertz CT molecular complexity index is 1380. The minimum Gasteiger partial charge on any atom is -0.497 e. The van der Waals surface area contributed by atoms with Crippen molar-refractivity contribution in [1.29, 1.82) is 0 Å². The number of hydrogen-bond acceptors (Lipinski definition) is 5. The maximum absolute atomic E-state index is 13.9. The van der Waals surface area contributed by atoms with Crippen molar-refractivity contribution < 1.29 is 22.7 Å². The Morgan fingerprint density at radius 3 is 2.31 bits per heavy atom. The summed E-state index contributed by atoms with van der Waals surface area (Å²) in [6.45, 7) is 4.99. The first-order valence-electron chi connectivity index (χ1n) is 12.6. The van der Waals surface area contributed by atoms with Crippen molar-refractivity contribution in [2.75, 3.05) is 18.0 Å². The van der Waals surface area contributed by atoms with Crippen LogP contribution in [0.15, 0.2) is 83.8 Å². The summed E-state index contributed by atoms with van der Waals surface area (Å²) in [6, 6.07) is 20.4. The van der Waals surface area contributed by atoms with Crippen LogP contribution in [-0.2, 0) is 26.2 Å². The highest BCUT2D eigenvalue weighted by Gasteiger charge is 2.32. The van der Waals surface area contributed by atoms with Gasteiger partial charge in [0.1, 0.15) is 18.3 Å². The Kier molecular flexibility index (Phi) is 10.4. The summed E-state index contributed by atoms with van der Waals surface area (Å²) in [5, 5.41) is 3.24. The van der Waals surface area contributed by atoms with Gasteiger partial charge in [0.2, 0.25) is 11.8 Å². The third-order valence-electron chi connectivity index (χ3n) is 6.36. The number of carbonyl (C=O) groups is 2. The highest BCUT2D eigenvalue weighted by atomic mass is 35.5. The smallest absolute Gasteiger partial charge is 0.264 e. The number of halogens is 1. The summed E-state index contributed by atoms with van der Waals surface area (Å²) >= 11 is 6.19. The Hall–Kier alpha value is -3.56. The van der Waals surface area contributed by atoms with Gasteiger partial charge in [0.25, 0.3) is 10.0 Å². The number of sulfonamides is 1. The standard InChI is InChI=1S/C29H34ClN3O5S/c1-5-21(2)31-29(35)22(3)32(19-23-11-9-14-26(17-23)38-4)28(34)20-33(25-13-10-12-24(30)18-25)39(36,37)27-15-7-6-8-16-27/h6-18,21-22H,5,19-20H2,1-4H3,(H,31,35)/t21-,22+/m0/s1. The molecule has 0 saturated heterocycles. The molecule has 0 aliphatic rings.